The molecule has 2 aromatic rings. The molecule has 1 N–H and O–H groups in total. The second-order valence-corrected chi connectivity index (χ2v) is 8.35. The van der Waals surface area contributed by atoms with Gasteiger partial charge in [0.2, 0.25) is 0 Å². The van der Waals surface area contributed by atoms with E-state index in [1.54, 1.807) is 11.3 Å². The third-order valence-corrected chi connectivity index (χ3v) is 5.92. The zero-order chi connectivity index (χ0) is 19.5. The molecule has 1 aromatic heterocycles. The number of amides is 2. The smallest absolute Gasteiger partial charge is 0.317 e. The summed E-state index contributed by atoms with van der Waals surface area (Å²) in [4.78, 5) is 21.2. The lowest BCUT2D eigenvalue weighted by Gasteiger charge is -2.34. The summed E-state index contributed by atoms with van der Waals surface area (Å²) in [6, 6.07) is 3.62. The van der Waals surface area contributed by atoms with E-state index >= 15 is 0 Å². The standard InChI is InChI=1S/C19H23ClN4O3S/c1-13-22-15(12-28-13)11-23-2-4-24(5-3-23)19(25)21-10-14-8-16(20)18-17(9-14)26-6-7-27-18/h8-9,12H,2-7,10-11H2,1H3,(H,21,25). The number of benzene rings is 1. The van der Waals surface area contributed by atoms with Crippen LogP contribution in [0.4, 0.5) is 4.79 Å². The van der Waals surface area contributed by atoms with E-state index in [2.05, 4.69) is 20.6 Å². The molecule has 4 rings (SSSR count). The molecule has 0 bridgehead atoms. The molecular weight excluding hydrogens is 400 g/mol. The van der Waals surface area contributed by atoms with Gasteiger partial charge in [-0.25, -0.2) is 9.78 Å². The van der Waals surface area contributed by atoms with Gasteiger partial charge in [0, 0.05) is 44.6 Å². The molecule has 0 aliphatic carbocycles. The number of rotatable bonds is 4. The Bertz CT molecular complexity index is 852. The fourth-order valence-electron chi connectivity index (χ4n) is 3.37. The van der Waals surface area contributed by atoms with Gasteiger partial charge in [-0.15, -0.1) is 11.3 Å². The minimum absolute atomic E-state index is 0.0600. The first-order valence-electron chi connectivity index (χ1n) is 9.32. The highest BCUT2D eigenvalue weighted by Gasteiger charge is 2.22. The van der Waals surface area contributed by atoms with Crippen LogP contribution < -0.4 is 14.8 Å². The number of hydrogen-bond donors (Lipinski definition) is 1. The lowest BCUT2D eigenvalue weighted by Crippen LogP contribution is -2.51. The summed E-state index contributed by atoms with van der Waals surface area (Å²) >= 11 is 7.93. The van der Waals surface area contributed by atoms with Gasteiger partial charge in [0.25, 0.3) is 0 Å². The predicted octanol–water partition coefficient (Wildman–Crippen LogP) is 2.90. The van der Waals surface area contributed by atoms with Crippen LogP contribution in [0.15, 0.2) is 17.5 Å². The average molecular weight is 423 g/mol. The van der Waals surface area contributed by atoms with Gasteiger partial charge in [0.15, 0.2) is 11.5 Å². The Morgan fingerprint density at radius 1 is 1.25 bits per heavy atom. The van der Waals surface area contributed by atoms with E-state index in [1.807, 2.05) is 24.0 Å². The molecule has 9 heteroatoms. The van der Waals surface area contributed by atoms with Crippen LogP contribution in [0, 0.1) is 6.92 Å². The van der Waals surface area contributed by atoms with Crippen molar-refractivity contribution in [1.82, 2.24) is 20.1 Å². The summed E-state index contributed by atoms with van der Waals surface area (Å²) in [5.74, 6) is 1.21. The molecule has 150 valence electrons. The molecule has 1 fully saturated rings. The highest BCUT2D eigenvalue weighted by atomic mass is 35.5. The van der Waals surface area contributed by atoms with Gasteiger partial charge >= 0.3 is 6.03 Å². The molecule has 2 aliphatic rings. The molecule has 0 unspecified atom stereocenters. The maximum absolute atomic E-state index is 12.5. The fraction of sp³-hybridized carbons (Fsp3) is 0.474. The molecule has 1 aromatic carbocycles. The fourth-order valence-corrected chi connectivity index (χ4v) is 4.27. The third kappa shape index (κ3) is 4.51. The molecule has 0 radical (unpaired) electrons. The number of urea groups is 1. The van der Waals surface area contributed by atoms with Crippen LogP contribution in [0.2, 0.25) is 5.02 Å². The van der Waals surface area contributed by atoms with Crippen LogP contribution in [0.3, 0.4) is 0 Å². The minimum Gasteiger partial charge on any atom is -0.486 e. The molecule has 7 nitrogen and oxygen atoms in total. The van der Waals surface area contributed by atoms with Crippen molar-refractivity contribution in [3.05, 3.63) is 38.8 Å². The molecule has 28 heavy (non-hydrogen) atoms. The van der Waals surface area contributed by atoms with Crippen molar-refractivity contribution in [3.8, 4) is 11.5 Å². The van der Waals surface area contributed by atoms with Gasteiger partial charge in [-0.05, 0) is 24.6 Å². The molecule has 3 heterocycles. The van der Waals surface area contributed by atoms with E-state index in [0.29, 0.717) is 49.4 Å². The van der Waals surface area contributed by atoms with Crippen LogP contribution in [0.1, 0.15) is 16.3 Å². The van der Waals surface area contributed by atoms with Gasteiger partial charge in [-0.1, -0.05) is 11.6 Å². The normalized spacial score (nSPS) is 16.9. The molecular formula is C19H23ClN4O3S. The number of fused-ring (bicyclic) bond motifs is 1. The topological polar surface area (TPSA) is 66.9 Å². The van der Waals surface area contributed by atoms with Crippen molar-refractivity contribution in [3.63, 3.8) is 0 Å². The maximum atomic E-state index is 12.5. The van der Waals surface area contributed by atoms with E-state index in [4.69, 9.17) is 21.1 Å². The van der Waals surface area contributed by atoms with E-state index in [9.17, 15) is 4.79 Å². The van der Waals surface area contributed by atoms with Gasteiger partial charge < -0.3 is 19.7 Å². The van der Waals surface area contributed by atoms with E-state index in [1.165, 1.54) is 0 Å². The Kier molecular flexibility index (Phi) is 5.89. The minimum atomic E-state index is -0.0600. The summed E-state index contributed by atoms with van der Waals surface area (Å²) in [6.07, 6.45) is 0. The Morgan fingerprint density at radius 2 is 2.04 bits per heavy atom. The SMILES string of the molecule is Cc1nc(CN2CCN(C(=O)NCc3cc(Cl)c4c(c3)OCCO4)CC2)cs1. The molecule has 2 amide bonds. The Balaban J connectivity index is 1.26. The van der Waals surface area contributed by atoms with Crippen molar-refractivity contribution in [2.75, 3.05) is 39.4 Å². The second kappa shape index (κ2) is 8.55. The Labute approximate surface area is 173 Å². The van der Waals surface area contributed by atoms with E-state index < -0.39 is 0 Å². The zero-order valence-electron chi connectivity index (χ0n) is 15.7. The lowest BCUT2D eigenvalue weighted by molar-refractivity contribution is 0.134. The van der Waals surface area contributed by atoms with Gasteiger partial charge in [-0.3, -0.25) is 4.90 Å². The number of aromatic nitrogens is 1. The van der Waals surface area contributed by atoms with Crippen molar-refractivity contribution >= 4 is 29.0 Å². The Morgan fingerprint density at radius 3 is 2.79 bits per heavy atom. The van der Waals surface area contributed by atoms with Crippen molar-refractivity contribution in [2.45, 2.75) is 20.0 Å². The number of ether oxygens (including phenoxy) is 2. The highest BCUT2D eigenvalue weighted by Crippen LogP contribution is 2.38. The van der Waals surface area contributed by atoms with Crippen molar-refractivity contribution < 1.29 is 14.3 Å². The first-order valence-corrected chi connectivity index (χ1v) is 10.6. The molecule has 2 aliphatic heterocycles. The number of piperazine rings is 1. The second-order valence-electron chi connectivity index (χ2n) is 6.88. The zero-order valence-corrected chi connectivity index (χ0v) is 17.3. The number of carbonyl (C=O) groups is 1. The van der Waals surface area contributed by atoms with Crippen LogP contribution >= 0.6 is 22.9 Å². The third-order valence-electron chi connectivity index (χ3n) is 4.81. The number of carbonyl (C=O) groups excluding carboxylic acids is 1. The number of halogens is 1. The van der Waals surface area contributed by atoms with Crippen molar-refractivity contribution in [2.24, 2.45) is 0 Å². The summed E-state index contributed by atoms with van der Waals surface area (Å²) in [6.45, 7) is 7.36. The van der Waals surface area contributed by atoms with Gasteiger partial charge in [0.05, 0.1) is 15.7 Å². The number of nitrogens with one attached hydrogen (secondary N) is 1. The first kappa shape index (κ1) is 19.3. The highest BCUT2D eigenvalue weighted by molar-refractivity contribution is 7.09. The number of nitrogens with zero attached hydrogens (tertiary/aromatic N) is 3. The number of hydrogen-bond acceptors (Lipinski definition) is 6. The lowest BCUT2D eigenvalue weighted by atomic mass is 10.2. The molecule has 1 saturated heterocycles. The van der Waals surface area contributed by atoms with Crippen LogP contribution in [0.25, 0.3) is 0 Å². The van der Waals surface area contributed by atoms with Gasteiger partial charge in [-0.2, -0.15) is 0 Å². The summed E-state index contributed by atoms with van der Waals surface area (Å²) in [5, 5.41) is 6.67. The average Bonchev–Trinajstić information content (AvgIpc) is 3.11. The Hall–Kier alpha value is -2.03. The van der Waals surface area contributed by atoms with Crippen molar-refractivity contribution in [1.29, 1.82) is 0 Å². The number of aryl methyl sites for hydroxylation is 1. The van der Waals surface area contributed by atoms with E-state index in [0.717, 1.165) is 35.9 Å². The molecule has 0 atom stereocenters. The summed E-state index contributed by atoms with van der Waals surface area (Å²) < 4.78 is 11.1. The number of thiazole rings is 1. The first-order chi connectivity index (χ1) is 13.6. The summed E-state index contributed by atoms with van der Waals surface area (Å²) in [5.41, 5.74) is 2.00. The monoisotopic (exact) mass is 422 g/mol. The predicted molar refractivity (Wildman–Crippen MR) is 108 cm³/mol. The van der Waals surface area contributed by atoms with Crippen LogP contribution in [-0.4, -0.2) is 60.2 Å². The maximum Gasteiger partial charge on any atom is 0.317 e. The molecule has 0 saturated carbocycles. The van der Waals surface area contributed by atoms with Crippen LogP contribution in [-0.2, 0) is 13.1 Å². The largest absolute Gasteiger partial charge is 0.486 e. The quantitative estimate of drug-likeness (QED) is 0.820. The van der Waals surface area contributed by atoms with Gasteiger partial charge in [0.1, 0.15) is 13.2 Å². The summed E-state index contributed by atoms with van der Waals surface area (Å²) in [7, 11) is 0. The van der Waals surface area contributed by atoms with Crippen LogP contribution in [0.5, 0.6) is 11.5 Å². The molecule has 0 spiro atoms. The van der Waals surface area contributed by atoms with E-state index in [-0.39, 0.29) is 6.03 Å².